The summed E-state index contributed by atoms with van der Waals surface area (Å²) in [6.45, 7) is -0.698. The summed E-state index contributed by atoms with van der Waals surface area (Å²) in [5.41, 5.74) is -1.10. The second-order valence-electron chi connectivity index (χ2n) is 6.87. The first-order valence-electron chi connectivity index (χ1n) is 8.84. The van der Waals surface area contributed by atoms with Crippen LogP contribution >= 0.6 is 0 Å². The van der Waals surface area contributed by atoms with Gasteiger partial charge in [-0.05, 0) is 18.2 Å². The fraction of sp³-hybridized carbons (Fsp3) is 0.316. The molecule has 1 aliphatic heterocycles. The van der Waals surface area contributed by atoms with Gasteiger partial charge in [-0.25, -0.2) is 0 Å². The maximum absolute atomic E-state index is 12.8. The van der Waals surface area contributed by atoms with Crippen molar-refractivity contribution in [3.63, 3.8) is 0 Å². The molecule has 0 spiro atoms. The molecule has 30 heavy (non-hydrogen) atoms. The SMILES string of the molecule is O=c1c2cc(O)ccc2oc2c(O[C@@H]3O[C@H](CO)[C@@H](O)[C@H](O)[C@H]3O)c(O)cc(O)c12. The van der Waals surface area contributed by atoms with Crippen molar-refractivity contribution in [1.29, 1.82) is 0 Å². The monoisotopic (exact) mass is 422 g/mol. The summed E-state index contributed by atoms with van der Waals surface area (Å²) in [6.07, 6.45) is -8.07. The van der Waals surface area contributed by atoms with Gasteiger partial charge in [0.25, 0.3) is 0 Å². The van der Waals surface area contributed by atoms with Crippen LogP contribution in [0.5, 0.6) is 23.0 Å². The van der Waals surface area contributed by atoms with Crippen LogP contribution in [0, 0.1) is 0 Å². The van der Waals surface area contributed by atoms with E-state index in [1.54, 1.807) is 0 Å². The van der Waals surface area contributed by atoms with Crippen LogP contribution in [0.3, 0.4) is 0 Å². The normalized spacial score (nSPS) is 26.9. The number of ether oxygens (including phenoxy) is 2. The third-order valence-electron chi connectivity index (χ3n) is 4.92. The molecule has 2 heterocycles. The smallest absolute Gasteiger partial charge is 0.229 e. The third-order valence-corrected chi connectivity index (χ3v) is 4.92. The topological polar surface area (TPSA) is 190 Å². The Kier molecular flexibility index (Phi) is 4.92. The highest BCUT2D eigenvalue weighted by Gasteiger charge is 2.45. The second kappa shape index (κ2) is 7.31. The average molecular weight is 422 g/mol. The van der Waals surface area contributed by atoms with Gasteiger partial charge < -0.3 is 49.6 Å². The lowest BCUT2D eigenvalue weighted by atomic mass is 9.99. The predicted octanol–water partition coefficient (Wildman–Crippen LogP) is -0.758. The van der Waals surface area contributed by atoms with Gasteiger partial charge in [0.1, 0.15) is 46.9 Å². The van der Waals surface area contributed by atoms with Crippen LogP contribution in [0.15, 0.2) is 33.5 Å². The van der Waals surface area contributed by atoms with Gasteiger partial charge in [-0.15, -0.1) is 0 Å². The number of aliphatic hydroxyl groups is 4. The standard InChI is InChI=1S/C19H18O11/c20-5-11-14(25)15(26)16(27)19(29-11)30-17-9(23)4-8(22)12-13(24)7-3-6(21)1-2-10(7)28-18(12)17/h1-4,11,14-16,19-23,25-27H,5H2/t11-,14-,15+,16-,19+/m1/s1. The van der Waals surface area contributed by atoms with E-state index < -0.39 is 60.0 Å². The van der Waals surface area contributed by atoms with E-state index in [1.165, 1.54) is 12.1 Å². The molecule has 0 radical (unpaired) electrons. The highest BCUT2D eigenvalue weighted by atomic mass is 16.7. The maximum Gasteiger partial charge on any atom is 0.229 e. The molecule has 0 aliphatic carbocycles. The number of aliphatic hydroxyl groups excluding tert-OH is 4. The number of phenolic OH excluding ortho intramolecular Hbond substituents is 3. The molecule has 2 aromatic carbocycles. The molecule has 0 unspecified atom stereocenters. The summed E-state index contributed by atoms with van der Waals surface area (Å²) in [5, 5.41) is 68.9. The summed E-state index contributed by atoms with van der Waals surface area (Å²) < 4.78 is 16.3. The molecule has 3 aromatic rings. The van der Waals surface area contributed by atoms with E-state index in [1.807, 2.05) is 0 Å². The molecule has 5 atom stereocenters. The van der Waals surface area contributed by atoms with E-state index in [0.717, 1.165) is 12.1 Å². The number of benzene rings is 2. The molecular formula is C19H18O11. The van der Waals surface area contributed by atoms with Gasteiger partial charge in [0, 0.05) is 6.07 Å². The molecule has 0 amide bonds. The highest BCUT2D eigenvalue weighted by molar-refractivity contribution is 5.97. The van der Waals surface area contributed by atoms with Crippen molar-refractivity contribution in [3.05, 3.63) is 34.5 Å². The third kappa shape index (κ3) is 3.09. The molecule has 11 heteroatoms. The molecule has 1 fully saturated rings. The minimum absolute atomic E-state index is 0.00829. The molecule has 4 rings (SSSR count). The quantitative estimate of drug-likeness (QED) is 0.263. The molecular weight excluding hydrogens is 404 g/mol. The first kappa shape index (κ1) is 20.2. The predicted molar refractivity (Wildman–Crippen MR) is 99.4 cm³/mol. The Bertz CT molecular complexity index is 1170. The zero-order valence-electron chi connectivity index (χ0n) is 15.2. The Morgan fingerprint density at radius 3 is 2.40 bits per heavy atom. The van der Waals surface area contributed by atoms with Crippen molar-refractivity contribution in [2.75, 3.05) is 6.61 Å². The summed E-state index contributed by atoms with van der Waals surface area (Å²) >= 11 is 0. The largest absolute Gasteiger partial charge is 0.508 e. The Morgan fingerprint density at radius 2 is 1.70 bits per heavy atom. The summed E-state index contributed by atoms with van der Waals surface area (Å²) in [5.74, 6) is -1.98. The van der Waals surface area contributed by atoms with E-state index in [9.17, 15) is 40.5 Å². The van der Waals surface area contributed by atoms with Gasteiger partial charge in [0.2, 0.25) is 17.5 Å². The summed E-state index contributed by atoms with van der Waals surface area (Å²) in [7, 11) is 0. The molecule has 1 aromatic heterocycles. The van der Waals surface area contributed by atoms with Gasteiger partial charge in [-0.1, -0.05) is 0 Å². The van der Waals surface area contributed by atoms with Gasteiger partial charge in [-0.2, -0.15) is 0 Å². The number of aromatic hydroxyl groups is 3. The van der Waals surface area contributed by atoms with E-state index in [2.05, 4.69) is 0 Å². The van der Waals surface area contributed by atoms with Crippen molar-refractivity contribution in [3.8, 4) is 23.0 Å². The van der Waals surface area contributed by atoms with Gasteiger partial charge >= 0.3 is 0 Å². The molecule has 1 saturated heterocycles. The molecule has 1 aliphatic rings. The fourth-order valence-corrected chi connectivity index (χ4v) is 3.35. The van der Waals surface area contributed by atoms with Crippen LogP contribution in [0.1, 0.15) is 0 Å². The van der Waals surface area contributed by atoms with Crippen LogP contribution in [0.25, 0.3) is 21.9 Å². The Hall–Kier alpha value is -3.09. The molecule has 7 N–H and O–H groups in total. The number of hydrogen-bond acceptors (Lipinski definition) is 11. The number of phenols is 3. The van der Waals surface area contributed by atoms with E-state index in [-0.39, 0.29) is 27.7 Å². The van der Waals surface area contributed by atoms with Crippen molar-refractivity contribution in [1.82, 2.24) is 0 Å². The average Bonchev–Trinajstić information content (AvgIpc) is 2.71. The Morgan fingerprint density at radius 1 is 0.967 bits per heavy atom. The van der Waals surface area contributed by atoms with Crippen LogP contribution in [0.2, 0.25) is 0 Å². The van der Waals surface area contributed by atoms with Crippen molar-refractivity contribution in [2.45, 2.75) is 30.7 Å². The van der Waals surface area contributed by atoms with Gasteiger partial charge in [0.15, 0.2) is 11.3 Å². The fourth-order valence-electron chi connectivity index (χ4n) is 3.35. The van der Waals surface area contributed by atoms with Crippen LogP contribution in [-0.4, -0.2) is 73.1 Å². The number of hydrogen-bond donors (Lipinski definition) is 7. The highest BCUT2D eigenvalue weighted by Crippen LogP contribution is 2.42. The zero-order chi connectivity index (χ0) is 21.7. The van der Waals surface area contributed by atoms with Crippen molar-refractivity contribution < 1.29 is 49.6 Å². The summed E-state index contributed by atoms with van der Waals surface area (Å²) in [6, 6.07) is 4.51. The number of fused-ring (bicyclic) bond motifs is 2. The van der Waals surface area contributed by atoms with Crippen LogP contribution in [0.4, 0.5) is 0 Å². The van der Waals surface area contributed by atoms with Crippen LogP contribution in [-0.2, 0) is 4.74 Å². The summed E-state index contributed by atoms with van der Waals surface area (Å²) in [4.78, 5) is 12.8. The van der Waals surface area contributed by atoms with Crippen LogP contribution < -0.4 is 10.2 Å². The molecule has 160 valence electrons. The molecule has 11 nitrogen and oxygen atoms in total. The van der Waals surface area contributed by atoms with Crippen molar-refractivity contribution >= 4 is 21.9 Å². The first-order valence-corrected chi connectivity index (χ1v) is 8.84. The first-order chi connectivity index (χ1) is 14.2. The van der Waals surface area contributed by atoms with Gasteiger partial charge in [0.05, 0.1) is 12.0 Å². The number of rotatable bonds is 3. The Balaban J connectivity index is 1.88. The van der Waals surface area contributed by atoms with E-state index >= 15 is 0 Å². The lowest BCUT2D eigenvalue weighted by Crippen LogP contribution is -2.60. The minimum atomic E-state index is -1.78. The molecule has 0 bridgehead atoms. The van der Waals surface area contributed by atoms with E-state index in [0.29, 0.717) is 0 Å². The minimum Gasteiger partial charge on any atom is -0.508 e. The van der Waals surface area contributed by atoms with Gasteiger partial charge in [-0.3, -0.25) is 4.79 Å². The Labute approximate surface area is 167 Å². The molecule has 0 saturated carbocycles. The zero-order valence-corrected chi connectivity index (χ0v) is 15.2. The van der Waals surface area contributed by atoms with E-state index in [4.69, 9.17) is 13.9 Å². The second-order valence-corrected chi connectivity index (χ2v) is 6.87. The maximum atomic E-state index is 12.8. The lowest BCUT2D eigenvalue weighted by molar-refractivity contribution is -0.277. The lowest BCUT2D eigenvalue weighted by Gasteiger charge is -2.39. The van der Waals surface area contributed by atoms with Crippen molar-refractivity contribution in [2.24, 2.45) is 0 Å².